The molecule has 246 valence electrons. The molecule has 0 unspecified atom stereocenters. The molecule has 2 rings (SSSR count). The van der Waals surface area contributed by atoms with E-state index in [2.05, 4.69) is 89.3 Å². The molecule has 44 heavy (non-hydrogen) atoms. The van der Waals surface area contributed by atoms with Gasteiger partial charge in [0.05, 0.1) is 0 Å². The number of carbonyl (C=O) groups excluding carboxylic acids is 2. The summed E-state index contributed by atoms with van der Waals surface area (Å²) in [5.74, 6) is 2.39. The Morgan fingerprint density at radius 2 is 1.00 bits per heavy atom. The molecule has 0 aliphatic rings. The van der Waals surface area contributed by atoms with Gasteiger partial charge in [0.15, 0.2) is 0 Å². The van der Waals surface area contributed by atoms with Crippen LogP contribution >= 0.6 is 0 Å². The van der Waals surface area contributed by atoms with Crippen LogP contribution in [0.4, 0.5) is 23.5 Å². The molecule has 0 bridgehead atoms. The Hall–Kier alpha value is -3.78. The van der Waals surface area contributed by atoms with Crippen molar-refractivity contribution in [1.29, 1.82) is 0 Å². The van der Waals surface area contributed by atoms with Gasteiger partial charge in [0.25, 0.3) is 0 Å². The third-order valence-electron chi connectivity index (χ3n) is 7.07. The summed E-state index contributed by atoms with van der Waals surface area (Å²) in [7, 11) is 0. The van der Waals surface area contributed by atoms with Gasteiger partial charge in [0.1, 0.15) is 11.6 Å². The molecular formula is C30H54N12O2. The second kappa shape index (κ2) is 22.7. The minimum atomic E-state index is -0.139. The second-order valence-electron chi connectivity index (χ2n) is 10.2. The summed E-state index contributed by atoms with van der Waals surface area (Å²) in [6.45, 7) is 18.6. The molecule has 0 aliphatic carbocycles. The molecule has 2 heterocycles. The first kappa shape index (κ1) is 36.4. The van der Waals surface area contributed by atoms with Gasteiger partial charge in [-0.25, -0.2) is 9.97 Å². The average Bonchev–Trinajstić information content (AvgIpc) is 3.04. The van der Waals surface area contributed by atoms with E-state index in [9.17, 15) is 9.59 Å². The maximum Gasteiger partial charge on any atom is 0.224 e. The molecular weight excluding hydrogens is 560 g/mol. The average molecular weight is 615 g/mol. The van der Waals surface area contributed by atoms with Crippen molar-refractivity contribution >= 4 is 35.3 Å². The SMILES string of the molecule is CCN(CC)CCNc1ccnc(NCCCNC(=O)CCC(=O)NCCCNc2nccc(NCCN(CC)CC)n2)n1. The van der Waals surface area contributed by atoms with E-state index in [1.54, 1.807) is 12.4 Å². The van der Waals surface area contributed by atoms with Gasteiger partial charge in [0, 0.05) is 77.6 Å². The standard InChI is InChI=1S/C30H54N12O2/c1-5-41(6-2)23-21-31-25-13-19-37-29(39-25)35-17-9-15-33-27(43)11-12-28(44)34-16-10-18-36-30-38-20-14-26(40-30)32-22-24-42(7-3)8-4/h13-14,19-20H,5-12,15-18,21-24H2,1-4H3,(H,33,43)(H,34,44)(H2,31,35,37,39)(H2,32,36,38,40). The fourth-order valence-corrected chi connectivity index (χ4v) is 4.29. The van der Waals surface area contributed by atoms with Crippen molar-refractivity contribution < 1.29 is 9.59 Å². The Morgan fingerprint density at radius 1 is 0.591 bits per heavy atom. The van der Waals surface area contributed by atoms with Crippen LogP contribution in [0.3, 0.4) is 0 Å². The molecule has 14 nitrogen and oxygen atoms in total. The fourth-order valence-electron chi connectivity index (χ4n) is 4.29. The molecule has 2 aromatic rings. The zero-order chi connectivity index (χ0) is 31.8. The van der Waals surface area contributed by atoms with E-state index < -0.39 is 0 Å². The highest BCUT2D eigenvalue weighted by Crippen LogP contribution is 2.06. The van der Waals surface area contributed by atoms with Crippen LogP contribution in [0.5, 0.6) is 0 Å². The Bertz CT molecular complexity index is 982. The van der Waals surface area contributed by atoms with Gasteiger partial charge in [-0.05, 0) is 51.2 Å². The highest BCUT2D eigenvalue weighted by Gasteiger charge is 2.07. The van der Waals surface area contributed by atoms with Crippen LogP contribution in [0.25, 0.3) is 0 Å². The van der Waals surface area contributed by atoms with Gasteiger partial charge in [0.2, 0.25) is 23.7 Å². The number of carbonyl (C=O) groups is 2. The number of likely N-dealkylation sites (N-methyl/N-ethyl adjacent to an activating group) is 2. The van der Waals surface area contributed by atoms with Crippen molar-refractivity contribution in [2.45, 2.75) is 53.4 Å². The molecule has 14 heteroatoms. The number of hydrogen-bond donors (Lipinski definition) is 6. The smallest absolute Gasteiger partial charge is 0.224 e. The number of rotatable bonds is 25. The summed E-state index contributed by atoms with van der Waals surface area (Å²) < 4.78 is 0. The third kappa shape index (κ3) is 16.2. The zero-order valence-electron chi connectivity index (χ0n) is 27.1. The Kier molecular flexibility index (Phi) is 18.8. The van der Waals surface area contributed by atoms with Crippen molar-refractivity contribution in [3.63, 3.8) is 0 Å². The highest BCUT2D eigenvalue weighted by molar-refractivity contribution is 5.83. The van der Waals surface area contributed by atoms with Crippen molar-refractivity contribution in [2.24, 2.45) is 0 Å². The molecule has 0 spiro atoms. The van der Waals surface area contributed by atoms with Gasteiger partial charge in [-0.3, -0.25) is 9.59 Å². The number of anilines is 4. The lowest BCUT2D eigenvalue weighted by molar-refractivity contribution is -0.126. The quantitative estimate of drug-likeness (QED) is 0.0904. The first-order valence-electron chi connectivity index (χ1n) is 16.1. The van der Waals surface area contributed by atoms with E-state index in [-0.39, 0.29) is 24.7 Å². The molecule has 0 atom stereocenters. The minimum absolute atomic E-state index is 0.139. The Morgan fingerprint density at radius 3 is 1.39 bits per heavy atom. The monoisotopic (exact) mass is 614 g/mol. The van der Waals surface area contributed by atoms with Crippen molar-refractivity contribution in [3.05, 3.63) is 24.5 Å². The van der Waals surface area contributed by atoms with E-state index in [1.165, 1.54) is 0 Å². The summed E-state index contributed by atoms with van der Waals surface area (Å²) in [4.78, 5) is 46.4. The van der Waals surface area contributed by atoms with Crippen LogP contribution < -0.4 is 31.9 Å². The molecule has 2 amide bonds. The number of aromatic nitrogens is 4. The zero-order valence-corrected chi connectivity index (χ0v) is 27.1. The summed E-state index contributed by atoms with van der Waals surface area (Å²) in [5, 5.41) is 18.8. The predicted octanol–water partition coefficient (Wildman–Crippen LogP) is 2.09. The first-order valence-corrected chi connectivity index (χ1v) is 16.1. The van der Waals surface area contributed by atoms with Crippen LogP contribution in [0.2, 0.25) is 0 Å². The van der Waals surface area contributed by atoms with Crippen LogP contribution in [0, 0.1) is 0 Å². The molecule has 0 fully saturated rings. The minimum Gasteiger partial charge on any atom is -0.369 e. The van der Waals surface area contributed by atoms with E-state index in [1.807, 2.05) is 12.1 Å². The number of hydrogen-bond acceptors (Lipinski definition) is 12. The summed E-state index contributed by atoms with van der Waals surface area (Å²) in [6, 6.07) is 3.70. The normalized spacial score (nSPS) is 11.0. The van der Waals surface area contributed by atoms with Crippen LogP contribution in [-0.2, 0) is 9.59 Å². The third-order valence-corrected chi connectivity index (χ3v) is 7.07. The molecule has 0 saturated heterocycles. The molecule has 0 saturated carbocycles. The van der Waals surface area contributed by atoms with Crippen molar-refractivity contribution in [2.75, 3.05) is 99.8 Å². The number of amides is 2. The van der Waals surface area contributed by atoms with E-state index in [0.29, 0.717) is 50.9 Å². The second-order valence-corrected chi connectivity index (χ2v) is 10.2. The van der Waals surface area contributed by atoms with Gasteiger partial charge in [-0.15, -0.1) is 0 Å². The van der Waals surface area contributed by atoms with E-state index >= 15 is 0 Å². The lowest BCUT2D eigenvalue weighted by atomic mass is 10.2. The van der Waals surface area contributed by atoms with Crippen LogP contribution in [-0.4, -0.2) is 120 Å². The molecule has 0 aliphatic heterocycles. The van der Waals surface area contributed by atoms with Gasteiger partial charge < -0.3 is 41.7 Å². The summed E-state index contributed by atoms with van der Waals surface area (Å²) in [6.07, 6.45) is 5.19. The maximum atomic E-state index is 12.1. The molecule has 0 radical (unpaired) electrons. The molecule has 2 aromatic heterocycles. The van der Waals surface area contributed by atoms with Gasteiger partial charge in [-0.1, -0.05) is 27.7 Å². The van der Waals surface area contributed by atoms with Crippen LogP contribution in [0.15, 0.2) is 24.5 Å². The maximum absolute atomic E-state index is 12.1. The van der Waals surface area contributed by atoms with Gasteiger partial charge >= 0.3 is 0 Å². The predicted molar refractivity (Wildman–Crippen MR) is 178 cm³/mol. The lowest BCUT2D eigenvalue weighted by Crippen LogP contribution is -2.30. The Balaban J connectivity index is 1.49. The summed E-state index contributed by atoms with van der Waals surface area (Å²) >= 11 is 0. The summed E-state index contributed by atoms with van der Waals surface area (Å²) in [5.41, 5.74) is 0. The first-order chi connectivity index (χ1) is 21.5. The number of nitrogens with zero attached hydrogens (tertiary/aromatic N) is 6. The topological polar surface area (TPSA) is 164 Å². The van der Waals surface area contributed by atoms with E-state index in [0.717, 1.165) is 64.0 Å². The largest absolute Gasteiger partial charge is 0.369 e. The van der Waals surface area contributed by atoms with Crippen molar-refractivity contribution in [3.8, 4) is 0 Å². The fraction of sp³-hybridized carbons (Fsp3) is 0.667. The Labute approximate surface area is 263 Å². The molecule has 0 aromatic carbocycles. The number of nitrogens with one attached hydrogen (secondary N) is 6. The van der Waals surface area contributed by atoms with Crippen LogP contribution in [0.1, 0.15) is 53.4 Å². The molecule has 6 N–H and O–H groups in total. The van der Waals surface area contributed by atoms with E-state index in [4.69, 9.17) is 0 Å². The van der Waals surface area contributed by atoms with Gasteiger partial charge in [-0.2, -0.15) is 9.97 Å². The highest BCUT2D eigenvalue weighted by atomic mass is 16.2. The lowest BCUT2D eigenvalue weighted by Gasteiger charge is -2.18. The van der Waals surface area contributed by atoms with Crippen molar-refractivity contribution in [1.82, 2.24) is 40.4 Å².